The van der Waals surface area contributed by atoms with Gasteiger partial charge in [0.25, 0.3) is 0 Å². The smallest absolute Gasteiger partial charge is 0.230 e. The van der Waals surface area contributed by atoms with Crippen molar-refractivity contribution in [3.05, 3.63) is 54.1 Å². The molecule has 1 aliphatic heterocycles. The van der Waals surface area contributed by atoms with E-state index in [1.165, 1.54) is 17.3 Å². The highest BCUT2D eigenvalue weighted by Gasteiger charge is 2.13. The second-order valence-electron chi connectivity index (χ2n) is 5.71. The van der Waals surface area contributed by atoms with Crippen LogP contribution in [0.25, 0.3) is 0 Å². The summed E-state index contributed by atoms with van der Waals surface area (Å²) in [7, 11) is 0. The summed E-state index contributed by atoms with van der Waals surface area (Å²) in [6, 6.07) is 16.0. The molecule has 1 amide bonds. The molecule has 1 N–H and O–H groups in total. The van der Waals surface area contributed by atoms with Crippen LogP contribution >= 0.6 is 11.8 Å². The Morgan fingerprint density at radius 2 is 1.88 bits per heavy atom. The Kier molecular flexibility index (Phi) is 5.64. The monoisotopic (exact) mass is 343 g/mol. The minimum absolute atomic E-state index is 0.0395. The summed E-state index contributed by atoms with van der Waals surface area (Å²) in [5.41, 5.74) is 1.23. The second-order valence-corrected chi connectivity index (χ2v) is 6.76. The first kappa shape index (κ1) is 16.7. The van der Waals surface area contributed by atoms with Crippen molar-refractivity contribution < 1.29 is 14.3 Å². The van der Waals surface area contributed by atoms with Crippen molar-refractivity contribution >= 4 is 17.7 Å². The van der Waals surface area contributed by atoms with E-state index in [2.05, 4.69) is 24.4 Å². The zero-order chi connectivity index (χ0) is 16.8. The van der Waals surface area contributed by atoms with Crippen molar-refractivity contribution in [2.75, 3.05) is 25.5 Å². The maximum Gasteiger partial charge on any atom is 0.230 e. The first-order valence-electron chi connectivity index (χ1n) is 8.06. The third kappa shape index (κ3) is 4.45. The molecule has 4 nitrogen and oxygen atoms in total. The third-order valence-corrected chi connectivity index (χ3v) is 4.85. The molecule has 0 spiro atoms. The van der Waals surface area contributed by atoms with E-state index in [-0.39, 0.29) is 5.91 Å². The van der Waals surface area contributed by atoms with Gasteiger partial charge >= 0.3 is 0 Å². The van der Waals surface area contributed by atoms with Gasteiger partial charge in [-0.3, -0.25) is 4.79 Å². The van der Waals surface area contributed by atoms with E-state index in [1.54, 1.807) is 0 Å². The number of hydrogen-bond acceptors (Lipinski definition) is 4. The molecule has 2 aromatic carbocycles. The normalized spacial score (nSPS) is 14.0. The lowest BCUT2D eigenvalue weighted by Crippen LogP contribution is -2.28. The van der Waals surface area contributed by atoms with Gasteiger partial charge in [0.05, 0.1) is 5.75 Å². The van der Waals surface area contributed by atoms with Crippen LogP contribution in [0.4, 0.5) is 0 Å². The number of carbonyl (C=O) groups is 1. The predicted molar refractivity (Wildman–Crippen MR) is 96.0 cm³/mol. The number of nitrogens with one attached hydrogen (secondary N) is 1. The van der Waals surface area contributed by atoms with E-state index >= 15 is 0 Å². The number of thioether (sulfide) groups is 1. The molecule has 0 fully saturated rings. The summed E-state index contributed by atoms with van der Waals surface area (Å²) in [5.74, 6) is 2.25. The van der Waals surface area contributed by atoms with Crippen molar-refractivity contribution in [1.29, 1.82) is 0 Å². The van der Waals surface area contributed by atoms with Crippen molar-refractivity contribution in [2.24, 2.45) is 0 Å². The van der Waals surface area contributed by atoms with Crippen molar-refractivity contribution in [2.45, 2.75) is 17.7 Å². The Morgan fingerprint density at radius 3 is 2.67 bits per heavy atom. The summed E-state index contributed by atoms with van der Waals surface area (Å²) in [6.45, 7) is 3.91. The minimum Gasteiger partial charge on any atom is -0.486 e. The molecule has 0 unspecified atom stereocenters. The van der Waals surface area contributed by atoms with E-state index in [4.69, 9.17) is 9.47 Å². The van der Waals surface area contributed by atoms with Gasteiger partial charge in [-0.1, -0.05) is 37.3 Å². The van der Waals surface area contributed by atoms with Crippen LogP contribution in [-0.4, -0.2) is 31.4 Å². The maximum atomic E-state index is 12.1. The largest absolute Gasteiger partial charge is 0.486 e. The van der Waals surface area contributed by atoms with Gasteiger partial charge in [-0.05, 0) is 29.7 Å². The van der Waals surface area contributed by atoms with Crippen LogP contribution in [0.3, 0.4) is 0 Å². The molecule has 5 heteroatoms. The molecular weight excluding hydrogens is 322 g/mol. The Bertz CT molecular complexity index is 690. The fourth-order valence-electron chi connectivity index (χ4n) is 2.48. The van der Waals surface area contributed by atoms with Gasteiger partial charge in [-0.25, -0.2) is 0 Å². The topological polar surface area (TPSA) is 47.6 Å². The molecule has 0 saturated heterocycles. The summed E-state index contributed by atoms with van der Waals surface area (Å²) in [6.07, 6.45) is 0. The first-order valence-corrected chi connectivity index (χ1v) is 9.05. The fraction of sp³-hybridized carbons (Fsp3) is 0.316. The molecular formula is C19H21NO3S. The molecule has 1 heterocycles. The van der Waals surface area contributed by atoms with Crippen molar-refractivity contribution in [3.8, 4) is 11.5 Å². The quantitative estimate of drug-likeness (QED) is 0.816. The van der Waals surface area contributed by atoms with Gasteiger partial charge in [0.2, 0.25) is 5.91 Å². The number of amides is 1. The first-order chi connectivity index (χ1) is 11.7. The summed E-state index contributed by atoms with van der Waals surface area (Å²) >= 11 is 1.50. The number of ether oxygens (including phenoxy) is 2. The van der Waals surface area contributed by atoms with Crippen LogP contribution in [0.2, 0.25) is 0 Å². The summed E-state index contributed by atoms with van der Waals surface area (Å²) in [4.78, 5) is 13.1. The molecule has 24 heavy (non-hydrogen) atoms. The molecule has 3 rings (SSSR count). The van der Waals surface area contributed by atoms with E-state index in [9.17, 15) is 4.79 Å². The molecule has 0 saturated carbocycles. The highest BCUT2D eigenvalue weighted by Crippen LogP contribution is 2.34. The van der Waals surface area contributed by atoms with Gasteiger partial charge in [-0.15, -0.1) is 11.8 Å². The molecule has 0 aromatic heterocycles. The number of rotatable bonds is 6. The SMILES string of the molecule is C[C@@H](CNC(=O)CSc1ccc2c(c1)OCCO2)c1ccccc1. The Balaban J connectivity index is 1.46. The van der Waals surface area contributed by atoms with Gasteiger partial charge in [0.15, 0.2) is 11.5 Å². The van der Waals surface area contributed by atoms with Crippen LogP contribution < -0.4 is 14.8 Å². The molecule has 2 aromatic rings. The van der Waals surface area contributed by atoms with Crippen molar-refractivity contribution in [1.82, 2.24) is 5.32 Å². The highest BCUT2D eigenvalue weighted by atomic mass is 32.2. The zero-order valence-electron chi connectivity index (χ0n) is 13.7. The maximum absolute atomic E-state index is 12.1. The summed E-state index contributed by atoms with van der Waals surface area (Å²) < 4.78 is 11.1. The molecule has 0 bridgehead atoms. The zero-order valence-corrected chi connectivity index (χ0v) is 14.5. The molecule has 126 valence electrons. The number of fused-ring (bicyclic) bond motifs is 1. The lowest BCUT2D eigenvalue weighted by molar-refractivity contribution is -0.118. The van der Waals surface area contributed by atoms with Crippen LogP contribution in [0.15, 0.2) is 53.4 Å². The Hall–Kier alpha value is -2.14. The molecule has 0 radical (unpaired) electrons. The van der Waals surface area contributed by atoms with E-state index in [0.717, 1.165) is 16.4 Å². The number of carbonyl (C=O) groups excluding carboxylic acids is 1. The van der Waals surface area contributed by atoms with Crippen LogP contribution in [0, 0.1) is 0 Å². The van der Waals surface area contributed by atoms with Crippen LogP contribution in [-0.2, 0) is 4.79 Å². The third-order valence-electron chi connectivity index (χ3n) is 3.86. The molecule has 0 aliphatic carbocycles. The Morgan fingerprint density at radius 1 is 1.12 bits per heavy atom. The number of hydrogen-bond donors (Lipinski definition) is 1. The van der Waals surface area contributed by atoms with Gasteiger partial charge in [0, 0.05) is 11.4 Å². The second kappa shape index (κ2) is 8.11. The Labute approximate surface area is 146 Å². The molecule has 1 aliphatic rings. The van der Waals surface area contributed by atoms with Crippen molar-refractivity contribution in [3.63, 3.8) is 0 Å². The van der Waals surface area contributed by atoms with E-state index in [1.807, 2.05) is 36.4 Å². The van der Waals surface area contributed by atoms with Gasteiger partial charge in [-0.2, -0.15) is 0 Å². The number of benzene rings is 2. The van der Waals surface area contributed by atoms with E-state index < -0.39 is 0 Å². The average molecular weight is 343 g/mol. The summed E-state index contributed by atoms with van der Waals surface area (Å²) in [5, 5.41) is 3.00. The predicted octanol–water partition coefficient (Wildman–Crippen LogP) is 3.47. The highest BCUT2D eigenvalue weighted by molar-refractivity contribution is 8.00. The van der Waals surface area contributed by atoms with Crippen LogP contribution in [0.1, 0.15) is 18.4 Å². The van der Waals surface area contributed by atoms with Gasteiger partial charge in [0.1, 0.15) is 13.2 Å². The van der Waals surface area contributed by atoms with Crippen LogP contribution in [0.5, 0.6) is 11.5 Å². The minimum atomic E-state index is 0.0395. The average Bonchev–Trinajstić information content (AvgIpc) is 2.65. The fourth-order valence-corrected chi connectivity index (χ4v) is 3.23. The lowest BCUT2D eigenvalue weighted by atomic mass is 10.0. The molecule has 1 atom stereocenters. The van der Waals surface area contributed by atoms with Gasteiger partial charge < -0.3 is 14.8 Å². The lowest BCUT2D eigenvalue weighted by Gasteiger charge is -2.18. The standard InChI is InChI=1S/C19H21NO3S/c1-14(15-5-3-2-4-6-15)12-20-19(21)13-24-16-7-8-17-18(11-16)23-10-9-22-17/h2-8,11,14H,9-10,12-13H2,1H3,(H,20,21)/t14-/m0/s1. The van der Waals surface area contributed by atoms with E-state index in [0.29, 0.717) is 31.4 Å².